The molecule has 0 spiro atoms. The molecule has 0 bridgehead atoms. The fourth-order valence-electron chi connectivity index (χ4n) is 1.70. The molecule has 0 atom stereocenters. The Morgan fingerprint density at radius 2 is 0.639 bits per heavy atom. The first-order valence-electron chi connectivity index (χ1n) is 7.63. The number of rotatable bonds is 6. The summed E-state index contributed by atoms with van der Waals surface area (Å²) in [6.45, 7) is 0. The van der Waals surface area contributed by atoms with Crippen LogP contribution in [0.4, 0.5) is 79.0 Å². The smallest absolute Gasteiger partial charge is 0.415 e. The minimum Gasteiger partial charge on any atom is -0.415 e. The van der Waals surface area contributed by atoms with Crippen molar-refractivity contribution in [3.05, 3.63) is 23.3 Å². The van der Waals surface area contributed by atoms with Gasteiger partial charge in [0.05, 0.1) is 0 Å². The number of alkyl halides is 14. The highest BCUT2D eigenvalue weighted by atomic mass is 19.4. The highest BCUT2D eigenvalue weighted by molar-refractivity contribution is 5.82. The van der Waals surface area contributed by atoms with E-state index in [2.05, 4.69) is 9.47 Å². The third-order valence-corrected chi connectivity index (χ3v) is 3.59. The highest BCUT2D eigenvalue weighted by Gasteiger charge is 2.78. The molecule has 4 nitrogen and oxygen atoms in total. The van der Waals surface area contributed by atoms with Gasteiger partial charge in [-0.25, -0.2) is 9.59 Å². The minimum atomic E-state index is -7.33. The van der Waals surface area contributed by atoms with Gasteiger partial charge in [0.15, 0.2) is 0 Å². The van der Waals surface area contributed by atoms with E-state index in [1.165, 1.54) is 0 Å². The Balaban J connectivity index is 3.50. The molecule has 1 rings (SSSR count). The average Bonchev–Trinajstić information content (AvgIpc) is 2.70. The standard InChI is InChI=1S/C14F18O4/c15-1-2(16)6(36-8(34)10(21,22)12(25,26)14(30,31)32)4(18)3(17)5(1)35-7(33)9(19,20)11(23,24)13(27,28)29. The molecule has 22 heteroatoms. The van der Waals surface area contributed by atoms with Crippen LogP contribution in [0.5, 0.6) is 11.5 Å². The van der Waals surface area contributed by atoms with Crippen molar-refractivity contribution < 1.29 is 98.1 Å². The molecule has 206 valence electrons. The number of carbonyl (C=O) groups is 2. The van der Waals surface area contributed by atoms with Crippen molar-refractivity contribution in [1.29, 1.82) is 0 Å². The molecule has 1 aromatic rings. The molecule has 0 unspecified atom stereocenters. The Bertz CT molecular complexity index is 941. The molecule has 0 radical (unpaired) electrons. The van der Waals surface area contributed by atoms with Crippen LogP contribution in [-0.4, -0.2) is 48.0 Å². The number of hydrogen-bond donors (Lipinski definition) is 0. The quantitative estimate of drug-likeness (QED) is 0.189. The monoisotopic (exact) mass is 574 g/mol. The lowest BCUT2D eigenvalue weighted by atomic mass is 10.1. The van der Waals surface area contributed by atoms with E-state index in [4.69, 9.17) is 0 Å². The van der Waals surface area contributed by atoms with E-state index in [9.17, 15) is 88.6 Å². The Morgan fingerprint density at radius 3 is 0.806 bits per heavy atom. The SMILES string of the molecule is O=C(Oc1c(F)c(F)c(OC(=O)C(F)(F)C(F)(F)C(F)(F)F)c(F)c1F)C(F)(F)C(F)(F)C(F)(F)F. The maximum Gasteiger partial charge on any atom is 0.460 e. The summed E-state index contributed by atoms with van der Waals surface area (Å²) in [7, 11) is 0. The van der Waals surface area contributed by atoms with E-state index < -0.39 is 82.7 Å². The van der Waals surface area contributed by atoms with E-state index in [1.54, 1.807) is 0 Å². The fourth-order valence-corrected chi connectivity index (χ4v) is 1.70. The first kappa shape index (κ1) is 30.9. The third-order valence-electron chi connectivity index (χ3n) is 3.59. The summed E-state index contributed by atoms with van der Waals surface area (Å²) in [6, 6.07) is 0. The Hall–Kier alpha value is -3.10. The first-order chi connectivity index (χ1) is 15.7. The number of hydrogen-bond acceptors (Lipinski definition) is 4. The molecule has 36 heavy (non-hydrogen) atoms. The van der Waals surface area contributed by atoms with Gasteiger partial charge in [-0.3, -0.25) is 0 Å². The van der Waals surface area contributed by atoms with Gasteiger partial charge in [-0.15, -0.1) is 0 Å². The number of benzene rings is 1. The number of esters is 2. The molecule has 0 N–H and O–H groups in total. The van der Waals surface area contributed by atoms with Gasteiger partial charge < -0.3 is 9.47 Å². The van der Waals surface area contributed by atoms with Crippen molar-refractivity contribution in [2.45, 2.75) is 36.0 Å². The number of ether oxygens (including phenoxy) is 2. The van der Waals surface area contributed by atoms with E-state index in [0.717, 1.165) is 0 Å². The summed E-state index contributed by atoms with van der Waals surface area (Å²) in [5, 5.41) is 0. The van der Waals surface area contributed by atoms with E-state index in [0.29, 0.717) is 0 Å². The third kappa shape index (κ3) is 4.67. The van der Waals surface area contributed by atoms with Crippen LogP contribution in [0, 0.1) is 23.3 Å². The van der Waals surface area contributed by atoms with E-state index >= 15 is 0 Å². The van der Waals surface area contributed by atoms with Crippen molar-refractivity contribution in [2.75, 3.05) is 0 Å². The normalized spacial score (nSPS) is 14.1. The van der Waals surface area contributed by atoms with Crippen LogP contribution >= 0.6 is 0 Å². The summed E-state index contributed by atoms with van der Waals surface area (Å²) in [5.41, 5.74) is 0. The van der Waals surface area contributed by atoms with Gasteiger partial charge in [-0.05, 0) is 0 Å². The van der Waals surface area contributed by atoms with Gasteiger partial charge in [0.2, 0.25) is 34.8 Å². The number of halogens is 18. The topological polar surface area (TPSA) is 52.6 Å². The zero-order chi connectivity index (χ0) is 29.0. The van der Waals surface area contributed by atoms with Crippen molar-refractivity contribution >= 4 is 11.9 Å². The van der Waals surface area contributed by atoms with Crippen LogP contribution in [0.15, 0.2) is 0 Å². The van der Waals surface area contributed by atoms with Crippen molar-refractivity contribution in [3.63, 3.8) is 0 Å². The number of carbonyl (C=O) groups excluding carboxylic acids is 2. The molecule has 0 aliphatic rings. The summed E-state index contributed by atoms with van der Waals surface area (Å²) >= 11 is 0. The van der Waals surface area contributed by atoms with Gasteiger partial charge in [0.25, 0.3) is 0 Å². The predicted molar refractivity (Wildman–Crippen MR) is 69.4 cm³/mol. The lowest BCUT2D eigenvalue weighted by Crippen LogP contribution is -2.57. The van der Waals surface area contributed by atoms with Gasteiger partial charge in [0, 0.05) is 0 Å². The summed E-state index contributed by atoms with van der Waals surface area (Å²) < 4.78 is 236. The first-order valence-corrected chi connectivity index (χ1v) is 7.63. The molecule has 0 aromatic heterocycles. The van der Waals surface area contributed by atoms with E-state index in [-0.39, 0.29) is 0 Å². The maximum absolute atomic E-state index is 13.7. The molecule has 0 heterocycles. The molecule has 0 amide bonds. The second-order valence-corrected chi connectivity index (χ2v) is 5.99. The second kappa shape index (κ2) is 8.78. The summed E-state index contributed by atoms with van der Waals surface area (Å²) in [6.07, 6.45) is -14.5. The summed E-state index contributed by atoms with van der Waals surface area (Å²) in [5.74, 6) is -57.6. The van der Waals surface area contributed by atoms with Crippen LogP contribution < -0.4 is 9.47 Å². The average molecular weight is 574 g/mol. The molecule has 0 fully saturated rings. The molecule has 0 aliphatic carbocycles. The van der Waals surface area contributed by atoms with Gasteiger partial charge in [-0.1, -0.05) is 0 Å². The molecule has 0 saturated carbocycles. The largest absolute Gasteiger partial charge is 0.460 e. The van der Waals surface area contributed by atoms with Crippen molar-refractivity contribution in [3.8, 4) is 11.5 Å². The fraction of sp³-hybridized carbons (Fsp3) is 0.429. The zero-order valence-electron chi connectivity index (χ0n) is 15.4. The van der Waals surface area contributed by atoms with Gasteiger partial charge in [-0.2, -0.15) is 79.0 Å². The Kier molecular flexibility index (Phi) is 7.54. The lowest BCUT2D eigenvalue weighted by Gasteiger charge is -2.27. The predicted octanol–water partition coefficient (Wildman–Crippen LogP) is 5.72. The lowest BCUT2D eigenvalue weighted by molar-refractivity contribution is -0.347. The van der Waals surface area contributed by atoms with Crippen LogP contribution in [0.3, 0.4) is 0 Å². The second-order valence-electron chi connectivity index (χ2n) is 5.99. The maximum atomic E-state index is 13.7. The Morgan fingerprint density at radius 1 is 0.444 bits per heavy atom. The van der Waals surface area contributed by atoms with Gasteiger partial charge in [0.1, 0.15) is 0 Å². The van der Waals surface area contributed by atoms with Crippen LogP contribution in [0.2, 0.25) is 0 Å². The van der Waals surface area contributed by atoms with Crippen LogP contribution in [-0.2, 0) is 9.59 Å². The molecule has 0 aliphatic heterocycles. The van der Waals surface area contributed by atoms with Crippen molar-refractivity contribution in [1.82, 2.24) is 0 Å². The highest BCUT2D eigenvalue weighted by Crippen LogP contribution is 2.49. The molecule has 0 saturated heterocycles. The van der Waals surface area contributed by atoms with Crippen LogP contribution in [0.1, 0.15) is 0 Å². The van der Waals surface area contributed by atoms with Crippen LogP contribution in [0.25, 0.3) is 0 Å². The zero-order valence-corrected chi connectivity index (χ0v) is 15.4. The van der Waals surface area contributed by atoms with Gasteiger partial charge >= 0.3 is 48.0 Å². The molecular formula is C14F18O4. The minimum absolute atomic E-state index is 2.75. The summed E-state index contributed by atoms with van der Waals surface area (Å²) in [4.78, 5) is 21.9. The Labute approximate surface area is 182 Å². The molecule has 1 aromatic carbocycles. The molecular weight excluding hydrogens is 574 g/mol. The van der Waals surface area contributed by atoms with Crippen molar-refractivity contribution in [2.24, 2.45) is 0 Å². The van der Waals surface area contributed by atoms with E-state index in [1.807, 2.05) is 0 Å².